The number of benzene rings is 1. The normalized spacial score (nSPS) is 17.4. The second kappa shape index (κ2) is 8.69. The van der Waals surface area contributed by atoms with Gasteiger partial charge in [-0.3, -0.25) is 4.79 Å². The highest BCUT2D eigenvalue weighted by Gasteiger charge is 2.25. The van der Waals surface area contributed by atoms with Gasteiger partial charge in [-0.15, -0.1) is 0 Å². The molecule has 1 aromatic heterocycles. The summed E-state index contributed by atoms with van der Waals surface area (Å²) in [5.41, 5.74) is 1.96. The van der Waals surface area contributed by atoms with Gasteiger partial charge in [0.05, 0.1) is 24.7 Å². The summed E-state index contributed by atoms with van der Waals surface area (Å²) >= 11 is 0. The lowest BCUT2D eigenvalue weighted by Crippen LogP contribution is -2.37. The number of carbonyl (C=O) groups excluding carboxylic acids is 1. The number of anilines is 2. The van der Waals surface area contributed by atoms with Gasteiger partial charge in [0.25, 0.3) is 0 Å². The summed E-state index contributed by atoms with van der Waals surface area (Å²) in [4.78, 5) is 23.4. The largest absolute Gasteiger partial charge is 0.378 e. The Hall–Kier alpha value is -2.52. The van der Waals surface area contributed by atoms with E-state index in [1.807, 2.05) is 24.3 Å². The summed E-state index contributed by atoms with van der Waals surface area (Å²) in [5.74, 6) is 1.21. The molecule has 4 rings (SSSR count). The van der Waals surface area contributed by atoms with Crippen molar-refractivity contribution in [2.75, 3.05) is 42.8 Å². The monoisotopic (exact) mass is 430 g/mol. The van der Waals surface area contributed by atoms with Gasteiger partial charge < -0.3 is 15.0 Å². The minimum atomic E-state index is -3.23. The molecule has 1 saturated carbocycles. The van der Waals surface area contributed by atoms with Crippen LogP contribution in [-0.2, 0) is 25.1 Å². The Bertz CT molecular complexity index is 1010. The van der Waals surface area contributed by atoms with Gasteiger partial charge in [-0.2, -0.15) is 0 Å². The highest BCUT2D eigenvalue weighted by molar-refractivity contribution is 7.89. The summed E-state index contributed by atoms with van der Waals surface area (Å²) in [6.45, 7) is 2.61. The zero-order valence-electron chi connectivity index (χ0n) is 17.0. The van der Waals surface area contributed by atoms with Gasteiger partial charge in [-0.05, 0) is 37.1 Å². The van der Waals surface area contributed by atoms with E-state index < -0.39 is 9.84 Å². The first-order chi connectivity index (χ1) is 14.4. The third kappa shape index (κ3) is 5.14. The number of nitrogens with zero attached hydrogens (tertiary/aromatic N) is 3. The van der Waals surface area contributed by atoms with E-state index in [0.29, 0.717) is 43.6 Å². The minimum absolute atomic E-state index is 0.0648. The maximum Gasteiger partial charge on any atom is 0.227 e. The van der Waals surface area contributed by atoms with Crippen molar-refractivity contribution in [2.45, 2.75) is 25.0 Å². The van der Waals surface area contributed by atoms with Crippen LogP contribution in [0.25, 0.3) is 11.4 Å². The average molecular weight is 431 g/mol. The molecule has 0 radical (unpaired) electrons. The molecular weight excluding hydrogens is 404 g/mol. The lowest BCUT2D eigenvalue weighted by atomic mass is 9.85. The van der Waals surface area contributed by atoms with Gasteiger partial charge in [0.15, 0.2) is 15.7 Å². The van der Waals surface area contributed by atoms with Crippen LogP contribution in [0.15, 0.2) is 30.3 Å². The van der Waals surface area contributed by atoms with E-state index in [1.54, 1.807) is 6.07 Å². The molecule has 1 aromatic carbocycles. The molecule has 2 aromatic rings. The molecule has 30 heavy (non-hydrogen) atoms. The molecule has 0 spiro atoms. The minimum Gasteiger partial charge on any atom is -0.378 e. The number of amides is 1. The Balaban J connectivity index is 1.59. The molecule has 0 bridgehead atoms. The number of nitrogens with one attached hydrogen (secondary N) is 1. The lowest BCUT2D eigenvalue weighted by molar-refractivity contribution is -0.122. The SMILES string of the molecule is CS(=O)(=O)Cc1cc(N2CCOCC2)nc(-c2ccc(NC(=O)C3CCC3)cc2)n1. The van der Waals surface area contributed by atoms with Gasteiger partial charge in [0, 0.05) is 42.6 Å². The zero-order chi connectivity index (χ0) is 21.1. The maximum atomic E-state index is 12.1. The van der Waals surface area contributed by atoms with Crippen LogP contribution in [0, 0.1) is 5.92 Å². The van der Waals surface area contributed by atoms with Gasteiger partial charge >= 0.3 is 0 Å². The van der Waals surface area contributed by atoms with Gasteiger partial charge in [-0.1, -0.05) is 6.42 Å². The molecule has 0 unspecified atom stereocenters. The first-order valence-corrected chi connectivity index (χ1v) is 12.2. The third-order valence-corrected chi connectivity index (χ3v) is 6.22. The summed E-state index contributed by atoms with van der Waals surface area (Å²) in [6, 6.07) is 9.08. The zero-order valence-corrected chi connectivity index (χ0v) is 17.8. The number of aromatic nitrogens is 2. The topological polar surface area (TPSA) is 101 Å². The molecule has 2 fully saturated rings. The quantitative estimate of drug-likeness (QED) is 0.750. The summed E-state index contributed by atoms with van der Waals surface area (Å²) < 4.78 is 29.1. The predicted octanol–water partition coefficient (Wildman–Crippen LogP) is 2.26. The van der Waals surface area contributed by atoms with Crippen molar-refractivity contribution in [3.05, 3.63) is 36.0 Å². The van der Waals surface area contributed by atoms with Crippen LogP contribution >= 0.6 is 0 Å². The standard InChI is InChI=1S/C21H26N4O4S/c1-30(27,28)14-18-13-19(25-9-11-29-12-10-25)24-20(22-18)15-5-7-17(8-6-15)23-21(26)16-3-2-4-16/h5-8,13,16H,2-4,9-12,14H2,1H3,(H,23,26). The van der Waals surface area contributed by atoms with Gasteiger partial charge in [0.1, 0.15) is 5.82 Å². The van der Waals surface area contributed by atoms with Crippen molar-refractivity contribution < 1.29 is 17.9 Å². The van der Waals surface area contributed by atoms with E-state index in [0.717, 1.165) is 30.5 Å². The molecule has 2 aliphatic rings. The van der Waals surface area contributed by atoms with Gasteiger partial charge in [0.2, 0.25) is 5.91 Å². The van der Waals surface area contributed by atoms with Crippen LogP contribution in [0.2, 0.25) is 0 Å². The van der Waals surface area contributed by atoms with Crippen molar-refractivity contribution in [2.24, 2.45) is 5.92 Å². The van der Waals surface area contributed by atoms with Crippen LogP contribution in [0.3, 0.4) is 0 Å². The summed E-state index contributed by atoms with van der Waals surface area (Å²) in [6.07, 6.45) is 4.22. The predicted molar refractivity (Wildman–Crippen MR) is 115 cm³/mol. The molecule has 1 aliphatic heterocycles. The van der Waals surface area contributed by atoms with E-state index in [2.05, 4.69) is 20.2 Å². The molecule has 9 heteroatoms. The molecule has 1 aliphatic carbocycles. The van der Waals surface area contributed by atoms with Crippen LogP contribution in [-0.4, -0.2) is 56.9 Å². The van der Waals surface area contributed by atoms with Crippen LogP contribution in [0.1, 0.15) is 25.0 Å². The Kier molecular flexibility index (Phi) is 6.01. The van der Waals surface area contributed by atoms with Crippen LogP contribution in [0.4, 0.5) is 11.5 Å². The van der Waals surface area contributed by atoms with Crippen LogP contribution < -0.4 is 10.2 Å². The van der Waals surface area contributed by atoms with E-state index in [4.69, 9.17) is 4.74 Å². The van der Waals surface area contributed by atoms with E-state index in [9.17, 15) is 13.2 Å². The summed E-state index contributed by atoms with van der Waals surface area (Å²) in [7, 11) is -3.23. The number of rotatable bonds is 6. The van der Waals surface area contributed by atoms with Crippen LogP contribution in [0.5, 0.6) is 0 Å². The third-order valence-electron chi connectivity index (χ3n) is 5.40. The Morgan fingerprint density at radius 1 is 1.17 bits per heavy atom. The van der Waals surface area contributed by atoms with Crippen molar-refractivity contribution in [3.8, 4) is 11.4 Å². The molecular formula is C21H26N4O4S. The first kappa shape index (κ1) is 20.7. The fourth-order valence-electron chi connectivity index (χ4n) is 3.53. The first-order valence-electron chi connectivity index (χ1n) is 10.2. The van der Waals surface area contributed by atoms with Crippen molar-refractivity contribution >= 4 is 27.2 Å². The smallest absolute Gasteiger partial charge is 0.227 e. The van der Waals surface area contributed by atoms with Crippen molar-refractivity contribution in [1.29, 1.82) is 0 Å². The number of carbonyl (C=O) groups is 1. The van der Waals surface area contributed by atoms with E-state index in [1.165, 1.54) is 6.26 Å². The number of ether oxygens (including phenoxy) is 1. The Labute approximate surface area is 176 Å². The second-order valence-electron chi connectivity index (χ2n) is 7.91. The molecule has 1 saturated heterocycles. The number of morpholine rings is 1. The van der Waals surface area contributed by atoms with Gasteiger partial charge in [-0.25, -0.2) is 18.4 Å². The molecule has 1 amide bonds. The molecule has 1 N–H and O–H groups in total. The number of hydrogen-bond donors (Lipinski definition) is 1. The number of hydrogen-bond acceptors (Lipinski definition) is 7. The molecule has 8 nitrogen and oxygen atoms in total. The average Bonchev–Trinajstić information content (AvgIpc) is 2.66. The number of sulfone groups is 1. The maximum absolute atomic E-state index is 12.1. The Morgan fingerprint density at radius 2 is 1.87 bits per heavy atom. The summed E-state index contributed by atoms with van der Waals surface area (Å²) in [5, 5.41) is 2.95. The molecule has 0 atom stereocenters. The second-order valence-corrected chi connectivity index (χ2v) is 10.0. The fourth-order valence-corrected chi connectivity index (χ4v) is 4.21. The fraction of sp³-hybridized carbons (Fsp3) is 0.476. The lowest BCUT2D eigenvalue weighted by Gasteiger charge is -2.28. The highest BCUT2D eigenvalue weighted by atomic mass is 32.2. The highest BCUT2D eigenvalue weighted by Crippen LogP contribution is 2.28. The molecule has 160 valence electrons. The van der Waals surface area contributed by atoms with E-state index >= 15 is 0 Å². The molecule has 2 heterocycles. The van der Waals surface area contributed by atoms with Crippen molar-refractivity contribution in [1.82, 2.24) is 9.97 Å². The van der Waals surface area contributed by atoms with E-state index in [-0.39, 0.29) is 17.6 Å². The van der Waals surface area contributed by atoms with Crippen molar-refractivity contribution in [3.63, 3.8) is 0 Å². The Morgan fingerprint density at radius 3 is 2.47 bits per heavy atom.